The molecule has 0 amide bonds. The van der Waals surface area contributed by atoms with Crippen molar-refractivity contribution in [1.29, 1.82) is 0 Å². The molecule has 1 fully saturated rings. The lowest BCUT2D eigenvalue weighted by Gasteiger charge is -2.16. The molecule has 112 valence electrons. The molecule has 22 heavy (non-hydrogen) atoms. The summed E-state index contributed by atoms with van der Waals surface area (Å²) in [6.45, 7) is 2.25. The van der Waals surface area contributed by atoms with E-state index >= 15 is 0 Å². The summed E-state index contributed by atoms with van der Waals surface area (Å²) in [5.41, 5.74) is 3.74. The summed E-state index contributed by atoms with van der Waals surface area (Å²) in [4.78, 5) is 7.03. The molecule has 1 aromatic heterocycles. The predicted molar refractivity (Wildman–Crippen MR) is 98.6 cm³/mol. The van der Waals surface area contributed by atoms with Crippen LogP contribution >= 0.6 is 34.2 Å². The van der Waals surface area contributed by atoms with E-state index in [1.165, 1.54) is 18.5 Å². The number of halogens is 2. The lowest BCUT2D eigenvalue weighted by molar-refractivity contribution is 0.620. The van der Waals surface area contributed by atoms with Gasteiger partial charge in [-0.3, -0.25) is 0 Å². The van der Waals surface area contributed by atoms with Crippen LogP contribution < -0.4 is 4.90 Å². The van der Waals surface area contributed by atoms with Crippen LogP contribution in [0.15, 0.2) is 40.8 Å². The van der Waals surface area contributed by atoms with Crippen molar-refractivity contribution in [3.05, 3.63) is 45.0 Å². The Morgan fingerprint density at radius 1 is 1.09 bits per heavy atom. The topological polar surface area (TPSA) is 29.3 Å². The minimum absolute atomic E-state index is 0.581. The molecule has 1 aliphatic heterocycles. The van der Waals surface area contributed by atoms with Crippen molar-refractivity contribution in [2.24, 2.45) is 0 Å². The summed E-state index contributed by atoms with van der Waals surface area (Å²) < 4.78 is 7.00. The number of benzene rings is 2. The van der Waals surface area contributed by atoms with Gasteiger partial charge in [-0.25, -0.2) is 4.98 Å². The zero-order valence-electron chi connectivity index (χ0n) is 11.9. The van der Waals surface area contributed by atoms with E-state index in [1.54, 1.807) is 0 Å². The van der Waals surface area contributed by atoms with Crippen LogP contribution in [-0.2, 0) is 0 Å². The molecule has 0 unspecified atom stereocenters. The van der Waals surface area contributed by atoms with Gasteiger partial charge in [0.1, 0.15) is 5.52 Å². The second kappa shape index (κ2) is 5.74. The molecule has 0 aliphatic carbocycles. The summed E-state index contributed by atoms with van der Waals surface area (Å²) in [6, 6.07) is 12.1. The van der Waals surface area contributed by atoms with E-state index in [2.05, 4.69) is 44.6 Å². The molecule has 0 atom stereocenters. The maximum atomic E-state index is 6.28. The largest absolute Gasteiger partial charge is 0.436 e. The number of fused-ring (bicyclic) bond motifs is 1. The molecule has 0 radical (unpaired) electrons. The predicted octanol–water partition coefficient (Wildman–Crippen LogP) is 5.35. The van der Waals surface area contributed by atoms with Crippen LogP contribution in [-0.4, -0.2) is 18.1 Å². The monoisotopic (exact) mass is 424 g/mol. The highest BCUT2D eigenvalue weighted by Gasteiger charge is 2.16. The van der Waals surface area contributed by atoms with Crippen molar-refractivity contribution in [3.63, 3.8) is 0 Å². The Kier molecular flexibility index (Phi) is 3.74. The minimum Gasteiger partial charge on any atom is -0.436 e. The van der Waals surface area contributed by atoms with E-state index in [0.29, 0.717) is 10.9 Å². The molecule has 0 saturated carbocycles. The van der Waals surface area contributed by atoms with Crippen molar-refractivity contribution in [1.82, 2.24) is 4.98 Å². The Balaban J connectivity index is 1.78. The molecule has 4 rings (SSSR count). The maximum Gasteiger partial charge on any atom is 0.228 e. The quantitative estimate of drug-likeness (QED) is 0.519. The summed E-state index contributed by atoms with van der Waals surface area (Å²) >= 11 is 8.55. The van der Waals surface area contributed by atoms with Gasteiger partial charge in [0.05, 0.1) is 10.6 Å². The first kappa shape index (κ1) is 14.3. The first-order chi connectivity index (χ1) is 10.7. The van der Waals surface area contributed by atoms with Gasteiger partial charge in [-0.1, -0.05) is 11.6 Å². The van der Waals surface area contributed by atoms with Crippen LogP contribution in [0.1, 0.15) is 12.8 Å². The van der Waals surface area contributed by atoms with Gasteiger partial charge in [0, 0.05) is 22.3 Å². The van der Waals surface area contributed by atoms with Gasteiger partial charge in [0.2, 0.25) is 5.89 Å². The molecule has 3 aromatic rings. The van der Waals surface area contributed by atoms with Gasteiger partial charge < -0.3 is 9.32 Å². The van der Waals surface area contributed by atoms with E-state index < -0.39 is 0 Å². The first-order valence-electron chi connectivity index (χ1n) is 7.32. The van der Waals surface area contributed by atoms with E-state index in [1.807, 2.05) is 24.3 Å². The number of hydrogen-bond acceptors (Lipinski definition) is 3. The molecule has 5 heteroatoms. The number of oxazole rings is 1. The average molecular weight is 425 g/mol. The number of aromatic nitrogens is 1. The van der Waals surface area contributed by atoms with E-state index in [9.17, 15) is 0 Å². The highest BCUT2D eigenvalue weighted by molar-refractivity contribution is 14.1. The Bertz CT molecular complexity index is 840. The molecule has 1 saturated heterocycles. The van der Waals surface area contributed by atoms with Crippen molar-refractivity contribution < 1.29 is 4.42 Å². The molecule has 0 spiro atoms. The second-order valence-electron chi connectivity index (χ2n) is 5.49. The molecule has 1 aliphatic rings. The van der Waals surface area contributed by atoms with Gasteiger partial charge in [-0.05, 0) is 71.8 Å². The smallest absolute Gasteiger partial charge is 0.228 e. The normalized spacial score (nSPS) is 14.9. The van der Waals surface area contributed by atoms with Crippen molar-refractivity contribution in [3.8, 4) is 11.5 Å². The highest BCUT2D eigenvalue weighted by atomic mass is 127. The molecule has 3 nitrogen and oxygen atoms in total. The van der Waals surface area contributed by atoms with Crippen LogP contribution in [0.4, 0.5) is 5.69 Å². The summed E-state index contributed by atoms with van der Waals surface area (Å²) in [5.74, 6) is 0.581. The van der Waals surface area contributed by atoms with Crippen LogP contribution in [0.25, 0.3) is 22.6 Å². The standard InChI is InChI=1S/C17H14ClIN2O/c18-14-5-3-11(19)9-13(14)17-20-15-10-12(4-6-16(15)22-17)21-7-1-2-8-21/h3-6,9-10H,1-2,7-8H2. The molecule has 0 bridgehead atoms. The highest BCUT2D eigenvalue weighted by Crippen LogP contribution is 2.33. The van der Waals surface area contributed by atoms with Crippen molar-refractivity contribution in [2.75, 3.05) is 18.0 Å². The third-order valence-electron chi connectivity index (χ3n) is 4.00. The molecule has 2 heterocycles. The Labute approximate surface area is 147 Å². The van der Waals surface area contributed by atoms with Crippen LogP contribution in [0.3, 0.4) is 0 Å². The van der Waals surface area contributed by atoms with Gasteiger partial charge in [0.25, 0.3) is 0 Å². The van der Waals surface area contributed by atoms with Gasteiger partial charge in [0.15, 0.2) is 5.58 Å². The fourth-order valence-corrected chi connectivity index (χ4v) is 3.55. The van der Waals surface area contributed by atoms with Crippen LogP contribution in [0.5, 0.6) is 0 Å². The zero-order chi connectivity index (χ0) is 15.1. The summed E-state index contributed by atoms with van der Waals surface area (Å²) in [5, 5.41) is 0.659. The number of anilines is 1. The van der Waals surface area contributed by atoms with Gasteiger partial charge >= 0.3 is 0 Å². The van der Waals surface area contributed by atoms with Crippen LogP contribution in [0.2, 0.25) is 5.02 Å². The fourth-order valence-electron chi connectivity index (χ4n) is 2.86. The second-order valence-corrected chi connectivity index (χ2v) is 7.14. The summed E-state index contributed by atoms with van der Waals surface area (Å²) in [6.07, 6.45) is 2.53. The van der Waals surface area contributed by atoms with E-state index in [-0.39, 0.29) is 0 Å². The Hall–Kier alpha value is -1.27. The molecular weight excluding hydrogens is 411 g/mol. The number of hydrogen-bond donors (Lipinski definition) is 0. The SMILES string of the molecule is Clc1ccc(I)cc1-c1nc2cc(N3CCCC3)ccc2o1. The molecule has 2 aromatic carbocycles. The third-order valence-corrected chi connectivity index (χ3v) is 5.00. The third kappa shape index (κ3) is 2.58. The van der Waals surface area contributed by atoms with Crippen LogP contribution in [0, 0.1) is 3.57 Å². The van der Waals surface area contributed by atoms with E-state index in [0.717, 1.165) is 33.3 Å². The Morgan fingerprint density at radius 3 is 2.73 bits per heavy atom. The van der Waals surface area contributed by atoms with Gasteiger partial charge in [-0.2, -0.15) is 0 Å². The molecular formula is C17H14ClIN2O. The van der Waals surface area contributed by atoms with E-state index in [4.69, 9.17) is 16.0 Å². The van der Waals surface area contributed by atoms with Gasteiger partial charge in [-0.15, -0.1) is 0 Å². The minimum atomic E-state index is 0.581. The van der Waals surface area contributed by atoms with Crippen molar-refractivity contribution >= 4 is 51.0 Å². The molecule has 0 N–H and O–H groups in total. The lowest BCUT2D eigenvalue weighted by Crippen LogP contribution is -2.17. The Morgan fingerprint density at radius 2 is 1.91 bits per heavy atom. The lowest BCUT2D eigenvalue weighted by atomic mass is 10.2. The fraction of sp³-hybridized carbons (Fsp3) is 0.235. The maximum absolute atomic E-state index is 6.28. The average Bonchev–Trinajstić information content (AvgIpc) is 3.17. The summed E-state index contributed by atoms with van der Waals surface area (Å²) in [7, 11) is 0. The number of rotatable bonds is 2. The zero-order valence-corrected chi connectivity index (χ0v) is 14.8. The first-order valence-corrected chi connectivity index (χ1v) is 8.77. The van der Waals surface area contributed by atoms with Crippen molar-refractivity contribution in [2.45, 2.75) is 12.8 Å². The number of nitrogens with zero attached hydrogens (tertiary/aromatic N) is 2.